The fraction of sp³-hybridized carbons (Fsp3) is 0.621. The fourth-order valence-electron chi connectivity index (χ4n) is 6.22. The number of rotatable bonds is 6. The van der Waals surface area contributed by atoms with Crippen LogP contribution in [0.5, 0.6) is 17.2 Å². The van der Waals surface area contributed by atoms with Crippen molar-refractivity contribution in [3.8, 4) is 17.2 Å². The number of carbonyl (C=O) groups excluding carboxylic acids is 1. The first-order valence-corrected chi connectivity index (χ1v) is 14.7. The van der Waals surface area contributed by atoms with Crippen LogP contribution in [0.25, 0.3) is 0 Å². The van der Waals surface area contributed by atoms with Crippen molar-refractivity contribution in [1.82, 2.24) is 10.2 Å². The van der Waals surface area contributed by atoms with Crippen LogP contribution in [0, 0.1) is 5.41 Å². The third-order valence-electron chi connectivity index (χ3n) is 8.11. The molecular formula is C29H40N2O4S. The van der Waals surface area contributed by atoms with E-state index in [4.69, 9.17) is 14.2 Å². The van der Waals surface area contributed by atoms with Crippen LogP contribution < -0.4 is 19.5 Å². The molecule has 1 spiro atoms. The van der Waals surface area contributed by atoms with E-state index in [9.17, 15) is 4.79 Å². The molecule has 3 aliphatic rings. The molecule has 1 aromatic carbocycles. The lowest BCUT2D eigenvalue weighted by atomic mass is 9.69. The molecule has 3 heterocycles. The molecule has 2 fully saturated rings. The van der Waals surface area contributed by atoms with Gasteiger partial charge in [-0.1, -0.05) is 57.4 Å². The van der Waals surface area contributed by atoms with Gasteiger partial charge in [0, 0.05) is 16.4 Å². The van der Waals surface area contributed by atoms with E-state index in [-0.39, 0.29) is 30.9 Å². The Hall–Kier alpha value is -2.25. The zero-order valence-corrected chi connectivity index (χ0v) is 22.2. The van der Waals surface area contributed by atoms with Crippen LogP contribution in [-0.4, -0.2) is 36.9 Å². The maximum atomic E-state index is 13.8. The first-order chi connectivity index (χ1) is 17.7. The highest BCUT2D eigenvalue weighted by Gasteiger charge is 2.44. The Labute approximate surface area is 219 Å². The average molecular weight is 513 g/mol. The minimum atomic E-state index is 0.0132. The molecule has 196 valence electrons. The number of benzene rings is 1. The zero-order chi connectivity index (χ0) is 24.6. The largest absolute Gasteiger partial charge is 0.484 e. The van der Waals surface area contributed by atoms with Gasteiger partial charge in [0.25, 0.3) is 5.91 Å². The van der Waals surface area contributed by atoms with E-state index in [1.165, 1.54) is 81.9 Å². The van der Waals surface area contributed by atoms with E-state index in [0.717, 1.165) is 6.54 Å². The van der Waals surface area contributed by atoms with Crippen molar-refractivity contribution in [2.75, 3.05) is 19.9 Å². The number of ether oxygens (including phenoxy) is 3. The first-order valence-electron chi connectivity index (χ1n) is 13.8. The number of piperidine rings is 1. The highest BCUT2D eigenvalue weighted by Crippen LogP contribution is 2.44. The molecule has 2 aliphatic heterocycles. The van der Waals surface area contributed by atoms with Crippen LogP contribution in [0.1, 0.15) is 81.9 Å². The van der Waals surface area contributed by atoms with E-state index >= 15 is 0 Å². The Morgan fingerprint density at radius 3 is 2.44 bits per heavy atom. The summed E-state index contributed by atoms with van der Waals surface area (Å²) in [5.74, 6) is 2.05. The molecule has 2 aromatic rings. The van der Waals surface area contributed by atoms with Gasteiger partial charge in [-0.25, -0.2) is 0 Å². The standard InChI is InChI=1S/C29H40N2O4S/c32-27(21-33-23-12-13-25-26(19-23)35-22-34-25)31(20-24-11-9-18-36-24)28-29(16-10-17-30-28)14-7-5-3-1-2-4-6-8-15-29/h9,11-13,18-19,28,30H,1-8,10,14-17,20-22H2. The van der Waals surface area contributed by atoms with Crippen LogP contribution in [0.2, 0.25) is 0 Å². The van der Waals surface area contributed by atoms with E-state index in [1.54, 1.807) is 11.3 Å². The van der Waals surface area contributed by atoms with Crippen molar-refractivity contribution in [2.45, 2.75) is 89.8 Å². The molecule has 1 N–H and O–H groups in total. The lowest BCUT2D eigenvalue weighted by Crippen LogP contribution is -2.61. The molecule has 6 nitrogen and oxygen atoms in total. The number of nitrogens with zero attached hydrogens (tertiary/aromatic N) is 1. The summed E-state index contributed by atoms with van der Waals surface area (Å²) in [6.45, 7) is 1.82. The summed E-state index contributed by atoms with van der Waals surface area (Å²) in [4.78, 5) is 17.2. The Balaban J connectivity index is 1.35. The maximum absolute atomic E-state index is 13.8. The van der Waals surface area contributed by atoms with Gasteiger partial charge in [-0.05, 0) is 55.8 Å². The molecular weight excluding hydrogens is 472 g/mol. The Bertz CT molecular complexity index is 968. The van der Waals surface area contributed by atoms with Crippen molar-refractivity contribution in [2.24, 2.45) is 5.41 Å². The Morgan fingerprint density at radius 2 is 1.69 bits per heavy atom. The third kappa shape index (κ3) is 6.17. The number of nitrogens with one attached hydrogen (secondary N) is 1. The summed E-state index contributed by atoms with van der Waals surface area (Å²) < 4.78 is 16.9. The quantitative estimate of drug-likeness (QED) is 0.479. The molecule has 36 heavy (non-hydrogen) atoms. The van der Waals surface area contributed by atoms with E-state index in [0.29, 0.717) is 23.8 Å². The number of hydrogen-bond donors (Lipinski definition) is 1. The molecule has 0 radical (unpaired) electrons. The van der Waals surface area contributed by atoms with Gasteiger partial charge in [-0.3, -0.25) is 10.1 Å². The molecule has 0 bridgehead atoms. The molecule has 1 unspecified atom stereocenters. The highest BCUT2D eigenvalue weighted by molar-refractivity contribution is 7.09. The Morgan fingerprint density at radius 1 is 0.972 bits per heavy atom. The minimum Gasteiger partial charge on any atom is -0.484 e. The second kappa shape index (κ2) is 12.3. The topological polar surface area (TPSA) is 60.0 Å². The number of hydrogen-bond acceptors (Lipinski definition) is 6. The van der Waals surface area contributed by atoms with Gasteiger partial charge in [0.15, 0.2) is 18.1 Å². The molecule has 1 aliphatic carbocycles. The lowest BCUT2D eigenvalue weighted by molar-refractivity contribution is -0.143. The number of carbonyl (C=O) groups is 1. The van der Waals surface area contributed by atoms with Crippen LogP contribution >= 0.6 is 11.3 Å². The smallest absolute Gasteiger partial charge is 0.262 e. The van der Waals surface area contributed by atoms with Crippen molar-refractivity contribution in [1.29, 1.82) is 0 Å². The molecule has 1 amide bonds. The summed E-state index contributed by atoms with van der Waals surface area (Å²) in [6, 6.07) is 9.70. The van der Waals surface area contributed by atoms with Gasteiger partial charge in [0.1, 0.15) is 5.75 Å². The summed E-state index contributed by atoms with van der Waals surface area (Å²) >= 11 is 1.72. The normalized spacial score (nSPS) is 22.1. The van der Waals surface area contributed by atoms with Crippen molar-refractivity contribution >= 4 is 17.2 Å². The molecule has 7 heteroatoms. The van der Waals surface area contributed by atoms with Crippen molar-refractivity contribution in [3.63, 3.8) is 0 Å². The van der Waals surface area contributed by atoms with Crippen molar-refractivity contribution < 1.29 is 19.0 Å². The molecule has 1 saturated carbocycles. The van der Waals surface area contributed by atoms with Crippen molar-refractivity contribution in [3.05, 3.63) is 40.6 Å². The minimum absolute atomic E-state index is 0.0132. The fourth-order valence-corrected chi connectivity index (χ4v) is 6.93. The van der Waals surface area contributed by atoms with Gasteiger partial charge >= 0.3 is 0 Å². The van der Waals surface area contributed by atoms with E-state index < -0.39 is 0 Å². The van der Waals surface area contributed by atoms with Gasteiger partial charge in [-0.15, -0.1) is 11.3 Å². The van der Waals surface area contributed by atoms with Crippen LogP contribution in [0.15, 0.2) is 35.7 Å². The van der Waals surface area contributed by atoms with Gasteiger partial charge < -0.3 is 19.1 Å². The maximum Gasteiger partial charge on any atom is 0.262 e. The predicted molar refractivity (Wildman–Crippen MR) is 143 cm³/mol. The SMILES string of the molecule is O=C(COc1ccc2c(c1)OCO2)N(Cc1cccs1)C1NCCCC12CCCCCCCCCC2. The van der Waals surface area contributed by atoms with E-state index in [1.807, 2.05) is 18.2 Å². The van der Waals surface area contributed by atoms with Crippen LogP contribution in [0.3, 0.4) is 0 Å². The summed E-state index contributed by atoms with van der Waals surface area (Å²) in [5, 5.41) is 5.92. The van der Waals surface area contributed by atoms with Crippen LogP contribution in [0.4, 0.5) is 0 Å². The first kappa shape index (κ1) is 25.4. The van der Waals surface area contributed by atoms with Gasteiger partial charge in [0.05, 0.1) is 12.7 Å². The second-order valence-electron chi connectivity index (χ2n) is 10.6. The molecule has 1 atom stereocenters. The predicted octanol–water partition coefficient (Wildman–Crippen LogP) is 6.49. The summed E-state index contributed by atoms with van der Waals surface area (Å²) in [6.07, 6.45) is 15.4. The summed E-state index contributed by atoms with van der Waals surface area (Å²) in [5.41, 5.74) is 0.133. The average Bonchev–Trinajstić information content (AvgIpc) is 3.58. The lowest BCUT2D eigenvalue weighted by Gasteiger charge is -2.50. The zero-order valence-electron chi connectivity index (χ0n) is 21.3. The number of fused-ring (bicyclic) bond motifs is 1. The van der Waals surface area contributed by atoms with E-state index in [2.05, 4.69) is 27.7 Å². The van der Waals surface area contributed by atoms with Crippen LogP contribution in [-0.2, 0) is 11.3 Å². The summed E-state index contributed by atoms with van der Waals surface area (Å²) in [7, 11) is 0. The third-order valence-corrected chi connectivity index (χ3v) is 8.97. The monoisotopic (exact) mass is 512 g/mol. The second-order valence-corrected chi connectivity index (χ2v) is 11.6. The number of amides is 1. The Kier molecular flexibility index (Phi) is 8.70. The number of thiophene rings is 1. The van der Waals surface area contributed by atoms with Gasteiger partial charge in [0.2, 0.25) is 6.79 Å². The molecule has 1 saturated heterocycles. The van der Waals surface area contributed by atoms with Gasteiger partial charge in [-0.2, -0.15) is 0 Å². The molecule has 1 aromatic heterocycles. The molecule has 5 rings (SSSR count). The highest BCUT2D eigenvalue weighted by atomic mass is 32.1.